The number of rotatable bonds is 16. The number of allylic oxidation sites excluding steroid dienone is 1. The van der Waals surface area contributed by atoms with E-state index in [9.17, 15) is 15.0 Å². The first-order valence-corrected chi connectivity index (χ1v) is 9.83. The molecule has 1 rings (SSSR count). The second-order valence-electron chi connectivity index (χ2n) is 6.94. The van der Waals surface area contributed by atoms with Crippen molar-refractivity contribution in [3.63, 3.8) is 0 Å². The molecule has 24 heavy (non-hydrogen) atoms. The molecule has 4 nitrogen and oxygen atoms in total. The summed E-state index contributed by atoms with van der Waals surface area (Å²) >= 11 is 0. The summed E-state index contributed by atoms with van der Waals surface area (Å²) < 4.78 is 5.59. The first-order chi connectivity index (χ1) is 11.6. The quantitative estimate of drug-likeness (QED) is 0.265. The maximum atomic E-state index is 10.3. The Morgan fingerprint density at radius 2 is 1.79 bits per heavy atom. The van der Waals surface area contributed by atoms with Gasteiger partial charge >= 0.3 is 0 Å². The molecule has 0 aromatic carbocycles. The normalized spacial score (nSPS) is 21.2. The fourth-order valence-corrected chi connectivity index (χ4v) is 3.05. The van der Waals surface area contributed by atoms with Crippen molar-refractivity contribution in [1.29, 1.82) is 0 Å². The Kier molecular flexibility index (Phi) is 11.8. The molecule has 3 atom stereocenters. The lowest BCUT2D eigenvalue weighted by Crippen LogP contribution is -2.21. The molecule has 1 fully saturated rings. The predicted molar refractivity (Wildman–Crippen MR) is 94.5 cm³/mol. The van der Waals surface area contributed by atoms with Crippen LogP contribution in [0.5, 0.6) is 0 Å². The highest BCUT2D eigenvalue weighted by Crippen LogP contribution is 2.31. The summed E-state index contributed by atoms with van der Waals surface area (Å²) in [5.74, 6) is -0.943. The zero-order valence-electron chi connectivity index (χ0n) is 15.3. The van der Waals surface area contributed by atoms with Crippen molar-refractivity contribution in [2.75, 3.05) is 0 Å². The number of hydrogen-bond donors (Lipinski definition) is 1. The molecule has 1 aliphatic rings. The van der Waals surface area contributed by atoms with Crippen molar-refractivity contribution < 1.29 is 19.7 Å². The van der Waals surface area contributed by atoms with Crippen LogP contribution in [-0.4, -0.2) is 29.4 Å². The van der Waals surface area contributed by atoms with Crippen molar-refractivity contribution in [3.8, 4) is 0 Å². The van der Waals surface area contributed by atoms with Gasteiger partial charge in [-0.1, -0.05) is 64.0 Å². The fraction of sp³-hybridized carbons (Fsp3) is 0.850. The number of aliphatic carboxylic acids is 1. The van der Waals surface area contributed by atoms with E-state index in [4.69, 9.17) is 4.74 Å². The summed E-state index contributed by atoms with van der Waals surface area (Å²) in [6.45, 7) is 2.20. The molecule has 1 N–H and O–H groups in total. The number of aliphatic hydroxyl groups excluding tert-OH is 1. The summed E-state index contributed by atoms with van der Waals surface area (Å²) in [6, 6.07) is 0. The average Bonchev–Trinajstić information content (AvgIpc) is 3.32. The molecule has 1 aliphatic heterocycles. The van der Waals surface area contributed by atoms with E-state index in [-0.39, 0.29) is 24.7 Å². The molecule has 1 heterocycles. The van der Waals surface area contributed by atoms with Gasteiger partial charge in [-0.2, -0.15) is 0 Å². The Hall–Kier alpha value is -0.870. The van der Waals surface area contributed by atoms with Gasteiger partial charge in [0.2, 0.25) is 0 Å². The number of hydrogen-bond acceptors (Lipinski definition) is 4. The van der Waals surface area contributed by atoms with E-state index >= 15 is 0 Å². The highest BCUT2D eigenvalue weighted by atomic mass is 16.6. The van der Waals surface area contributed by atoms with E-state index in [1.54, 1.807) is 0 Å². The van der Waals surface area contributed by atoms with E-state index in [2.05, 4.69) is 19.1 Å². The van der Waals surface area contributed by atoms with Crippen LogP contribution in [0.2, 0.25) is 0 Å². The van der Waals surface area contributed by atoms with Crippen molar-refractivity contribution in [2.45, 2.75) is 109 Å². The molecule has 0 spiro atoms. The topological polar surface area (TPSA) is 72.9 Å². The van der Waals surface area contributed by atoms with Gasteiger partial charge in [-0.3, -0.25) is 0 Å². The number of aliphatic hydroxyl groups is 1. The Bertz CT molecular complexity index is 354. The van der Waals surface area contributed by atoms with Crippen molar-refractivity contribution in [1.82, 2.24) is 0 Å². The molecular weight excluding hydrogens is 304 g/mol. The maximum absolute atomic E-state index is 10.3. The monoisotopic (exact) mass is 339 g/mol. The van der Waals surface area contributed by atoms with Crippen LogP contribution >= 0.6 is 0 Å². The van der Waals surface area contributed by atoms with Gasteiger partial charge in [0.1, 0.15) is 6.10 Å². The summed E-state index contributed by atoms with van der Waals surface area (Å²) in [6.07, 6.45) is 17.2. The van der Waals surface area contributed by atoms with Gasteiger partial charge < -0.3 is 19.7 Å². The van der Waals surface area contributed by atoms with Gasteiger partial charge in [0.15, 0.2) is 0 Å². The van der Waals surface area contributed by atoms with Gasteiger partial charge in [0.25, 0.3) is 0 Å². The fourth-order valence-electron chi connectivity index (χ4n) is 3.05. The lowest BCUT2D eigenvalue weighted by Gasteiger charge is -2.04. The minimum atomic E-state index is -0.943. The van der Waals surface area contributed by atoms with Crippen LogP contribution in [0.3, 0.4) is 0 Å². The standard InChI is InChI=1S/C20H36O4/c1-2-3-4-5-8-11-14-17(21)20-18(24-20)15-12-9-6-7-10-13-16-19(22)23/h8,11,17-18,20-21H,2-7,9-10,12-16H2,1H3,(H,22,23)/p-1/b11-8-. The van der Waals surface area contributed by atoms with Crippen molar-refractivity contribution in [3.05, 3.63) is 12.2 Å². The van der Waals surface area contributed by atoms with Gasteiger partial charge in [-0.15, -0.1) is 0 Å². The number of carbonyl (C=O) groups excluding carboxylic acids is 1. The molecule has 0 aromatic rings. The molecule has 0 aliphatic carbocycles. The Morgan fingerprint density at radius 1 is 1.08 bits per heavy atom. The van der Waals surface area contributed by atoms with Crippen LogP contribution in [0.1, 0.15) is 90.4 Å². The lowest BCUT2D eigenvalue weighted by molar-refractivity contribution is -0.305. The molecule has 0 bridgehead atoms. The largest absolute Gasteiger partial charge is 0.550 e. The Morgan fingerprint density at radius 3 is 2.50 bits per heavy atom. The molecule has 140 valence electrons. The van der Waals surface area contributed by atoms with Crippen LogP contribution in [0.15, 0.2) is 12.2 Å². The second kappa shape index (κ2) is 13.4. The molecule has 0 amide bonds. The Labute approximate surface area is 147 Å². The second-order valence-corrected chi connectivity index (χ2v) is 6.94. The zero-order chi connectivity index (χ0) is 17.6. The number of carbonyl (C=O) groups is 1. The average molecular weight is 339 g/mol. The third-order valence-electron chi connectivity index (χ3n) is 4.64. The third-order valence-corrected chi connectivity index (χ3v) is 4.64. The summed E-state index contributed by atoms with van der Waals surface area (Å²) in [5, 5.41) is 20.4. The first-order valence-electron chi connectivity index (χ1n) is 9.83. The number of carboxylic acids is 1. The van der Waals surface area contributed by atoms with E-state index in [0.29, 0.717) is 6.42 Å². The van der Waals surface area contributed by atoms with E-state index in [0.717, 1.165) is 51.4 Å². The zero-order valence-corrected chi connectivity index (χ0v) is 15.3. The number of epoxide rings is 1. The van der Waals surface area contributed by atoms with Gasteiger partial charge in [-0.25, -0.2) is 0 Å². The molecule has 0 saturated carbocycles. The molecule has 1 saturated heterocycles. The minimum Gasteiger partial charge on any atom is -0.550 e. The van der Waals surface area contributed by atoms with E-state index in [1.807, 2.05) is 0 Å². The first kappa shape index (κ1) is 21.2. The van der Waals surface area contributed by atoms with Gasteiger partial charge in [-0.05, 0) is 38.5 Å². The smallest absolute Gasteiger partial charge is 0.110 e. The van der Waals surface area contributed by atoms with E-state index < -0.39 is 5.97 Å². The minimum absolute atomic E-state index is 0.0355. The SMILES string of the molecule is CCCCC/C=C\CC(O)C1OC1CCCCCCCCC(=O)[O-]. The molecule has 4 heteroatoms. The van der Waals surface area contributed by atoms with Crippen LogP contribution in [0.25, 0.3) is 0 Å². The van der Waals surface area contributed by atoms with Gasteiger partial charge in [0.05, 0.1) is 12.2 Å². The lowest BCUT2D eigenvalue weighted by atomic mass is 10.0. The number of carboxylic acid groups (broad SMARTS) is 1. The van der Waals surface area contributed by atoms with Crippen molar-refractivity contribution in [2.24, 2.45) is 0 Å². The molecule has 0 aromatic heterocycles. The molecule has 3 unspecified atom stereocenters. The predicted octanol–water partition coefficient (Wildman–Crippen LogP) is 3.51. The Balaban J connectivity index is 1.90. The highest BCUT2D eigenvalue weighted by Gasteiger charge is 2.42. The maximum Gasteiger partial charge on any atom is 0.110 e. The number of unbranched alkanes of at least 4 members (excludes halogenated alkanes) is 8. The number of ether oxygens (including phenoxy) is 1. The third kappa shape index (κ3) is 10.8. The van der Waals surface area contributed by atoms with E-state index in [1.165, 1.54) is 19.3 Å². The van der Waals surface area contributed by atoms with Crippen LogP contribution in [0.4, 0.5) is 0 Å². The molecule has 0 radical (unpaired) electrons. The van der Waals surface area contributed by atoms with Crippen LogP contribution < -0.4 is 5.11 Å². The van der Waals surface area contributed by atoms with Gasteiger partial charge in [0, 0.05) is 5.97 Å². The van der Waals surface area contributed by atoms with Crippen LogP contribution in [0, 0.1) is 0 Å². The molecular formula is C20H35O4-. The van der Waals surface area contributed by atoms with Crippen molar-refractivity contribution >= 4 is 5.97 Å². The highest BCUT2D eigenvalue weighted by molar-refractivity contribution is 5.63. The van der Waals surface area contributed by atoms with Crippen LogP contribution in [-0.2, 0) is 9.53 Å². The summed E-state index contributed by atoms with van der Waals surface area (Å²) in [7, 11) is 0. The summed E-state index contributed by atoms with van der Waals surface area (Å²) in [5.41, 5.74) is 0. The summed E-state index contributed by atoms with van der Waals surface area (Å²) in [4.78, 5) is 10.3.